The lowest BCUT2D eigenvalue weighted by atomic mass is 10.1. The molecule has 1 aromatic rings. The number of aliphatic hydroxyl groups is 2. The molecule has 0 aliphatic carbocycles. The molecule has 6 heteroatoms. The molecule has 0 amide bonds. The molecule has 68 valence electrons. The summed E-state index contributed by atoms with van der Waals surface area (Å²) in [5, 5.41) is 24.7. The number of nitrogen functional groups attached to an aromatic ring is 1. The van der Waals surface area contributed by atoms with Crippen molar-refractivity contribution in [3.63, 3.8) is 0 Å². The Hall–Kier alpha value is -0.720. The SMILES string of the molecule is Nc1[nH]ncc1C(O)C(O)CS. The van der Waals surface area contributed by atoms with E-state index in [0.717, 1.165) is 0 Å². The van der Waals surface area contributed by atoms with Gasteiger partial charge in [-0.05, 0) is 0 Å². The number of anilines is 1. The van der Waals surface area contributed by atoms with E-state index < -0.39 is 12.2 Å². The van der Waals surface area contributed by atoms with Gasteiger partial charge in [0.2, 0.25) is 0 Å². The average molecular weight is 189 g/mol. The number of rotatable bonds is 3. The molecule has 0 aromatic carbocycles. The van der Waals surface area contributed by atoms with Gasteiger partial charge >= 0.3 is 0 Å². The van der Waals surface area contributed by atoms with E-state index in [4.69, 9.17) is 5.73 Å². The number of aliphatic hydroxyl groups excluding tert-OH is 2. The van der Waals surface area contributed by atoms with Crippen molar-refractivity contribution < 1.29 is 10.2 Å². The fourth-order valence-electron chi connectivity index (χ4n) is 0.848. The first-order valence-corrected chi connectivity index (χ1v) is 4.05. The summed E-state index contributed by atoms with van der Waals surface area (Å²) in [6.07, 6.45) is -0.568. The first-order chi connectivity index (χ1) is 5.66. The molecule has 1 heterocycles. The fraction of sp³-hybridized carbons (Fsp3) is 0.500. The third-order valence-corrected chi connectivity index (χ3v) is 1.94. The number of nitrogens with two attached hydrogens (primary N) is 1. The van der Waals surface area contributed by atoms with Gasteiger partial charge in [-0.2, -0.15) is 17.7 Å². The van der Waals surface area contributed by atoms with Gasteiger partial charge in [-0.15, -0.1) is 0 Å². The van der Waals surface area contributed by atoms with Gasteiger partial charge in [0.1, 0.15) is 11.9 Å². The van der Waals surface area contributed by atoms with Crippen LogP contribution in [0.2, 0.25) is 0 Å². The third kappa shape index (κ3) is 1.71. The van der Waals surface area contributed by atoms with Gasteiger partial charge in [0, 0.05) is 11.3 Å². The Bertz CT molecular complexity index is 253. The maximum atomic E-state index is 9.42. The predicted molar refractivity (Wildman–Crippen MR) is 47.8 cm³/mol. The maximum absolute atomic E-state index is 9.42. The average Bonchev–Trinajstić information content (AvgIpc) is 2.48. The minimum absolute atomic E-state index is 0.172. The molecule has 1 aromatic heterocycles. The lowest BCUT2D eigenvalue weighted by molar-refractivity contribution is 0.0342. The third-order valence-electron chi connectivity index (χ3n) is 1.57. The molecule has 0 radical (unpaired) electrons. The number of aromatic amines is 1. The van der Waals surface area contributed by atoms with Crippen LogP contribution in [0.25, 0.3) is 0 Å². The Kier molecular flexibility index (Phi) is 2.96. The van der Waals surface area contributed by atoms with Crippen molar-refractivity contribution in [1.29, 1.82) is 0 Å². The lowest BCUT2D eigenvalue weighted by Gasteiger charge is -2.14. The van der Waals surface area contributed by atoms with Gasteiger partial charge < -0.3 is 15.9 Å². The quantitative estimate of drug-likeness (QED) is 0.407. The minimum Gasteiger partial charge on any atom is -0.389 e. The zero-order valence-corrected chi connectivity index (χ0v) is 7.20. The molecule has 0 saturated carbocycles. The van der Waals surface area contributed by atoms with Gasteiger partial charge in [0.25, 0.3) is 0 Å². The standard InChI is InChI=1S/C6H11N3O2S/c7-6-3(1-8-9-6)5(11)4(10)2-12/h1,4-5,10-12H,2H2,(H3,7,8,9). The molecular weight excluding hydrogens is 178 g/mol. The zero-order valence-electron chi connectivity index (χ0n) is 6.31. The maximum Gasteiger partial charge on any atom is 0.124 e. The van der Waals surface area contributed by atoms with Crippen LogP contribution >= 0.6 is 12.6 Å². The molecule has 12 heavy (non-hydrogen) atoms. The number of nitrogens with one attached hydrogen (secondary N) is 1. The summed E-state index contributed by atoms with van der Waals surface area (Å²) < 4.78 is 0. The highest BCUT2D eigenvalue weighted by Crippen LogP contribution is 2.20. The number of hydrogen-bond acceptors (Lipinski definition) is 5. The van der Waals surface area contributed by atoms with Crippen LogP contribution in [0.1, 0.15) is 11.7 Å². The molecule has 5 nitrogen and oxygen atoms in total. The molecule has 0 saturated heterocycles. The number of hydrogen-bond donors (Lipinski definition) is 5. The van der Waals surface area contributed by atoms with Crippen molar-refractivity contribution in [2.75, 3.05) is 11.5 Å². The molecule has 0 aliphatic rings. The monoisotopic (exact) mass is 189 g/mol. The molecular formula is C6H11N3O2S. The van der Waals surface area contributed by atoms with E-state index in [0.29, 0.717) is 5.56 Å². The van der Waals surface area contributed by atoms with Gasteiger partial charge in [-0.1, -0.05) is 0 Å². The number of thiol groups is 1. The Morgan fingerprint density at radius 3 is 2.75 bits per heavy atom. The van der Waals surface area contributed by atoms with E-state index >= 15 is 0 Å². The van der Waals surface area contributed by atoms with E-state index in [-0.39, 0.29) is 11.6 Å². The van der Waals surface area contributed by atoms with Crippen LogP contribution in [0.5, 0.6) is 0 Å². The second-order valence-electron chi connectivity index (χ2n) is 2.43. The fourth-order valence-corrected chi connectivity index (χ4v) is 1.05. The summed E-state index contributed by atoms with van der Waals surface area (Å²) in [7, 11) is 0. The molecule has 0 spiro atoms. The molecule has 0 bridgehead atoms. The van der Waals surface area contributed by atoms with Crippen LogP contribution in [0.3, 0.4) is 0 Å². The number of aromatic nitrogens is 2. The van der Waals surface area contributed by atoms with Crippen LogP contribution in [0, 0.1) is 0 Å². The Morgan fingerprint density at radius 2 is 2.33 bits per heavy atom. The summed E-state index contributed by atoms with van der Waals surface area (Å²) in [6.45, 7) is 0. The summed E-state index contributed by atoms with van der Waals surface area (Å²) in [4.78, 5) is 0. The molecule has 1 rings (SSSR count). The predicted octanol–water partition coefficient (Wildman–Crippen LogP) is -0.684. The van der Waals surface area contributed by atoms with Crippen LogP contribution in [-0.4, -0.2) is 32.3 Å². The van der Waals surface area contributed by atoms with Crippen LogP contribution < -0.4 is 5.73 Å². The molecule has 2 unspecified atom stereocenters. The van der Waals surface area contributed by atoms with Gasteiger partial charge in [-0.25, -0.2) is 0 Å². The van der Waals surface area contributed by atoms with Gasteiger partial charge in [0.05, 0.1) is 12.3 Å². The van der Waals surface area contributed by atoms with Crippen molar-refractivity contribution in [3.05, 3.63) is 11.8 Å². The molecule has 2 atom stereocenters. The lowest BCUT2D eigenvalue weighted by Crippen LogP contribution is -2.20. The molecule has 5 N–H and O–H groups in total. The topological polar surface area (TPSA) is 95.2 Å². The Balaban J connectivity index is 2.77. The van der Waals surface area contributed by atoms with Crippen LogP contribution in [-0.2, 0) is 0 Å². The minimum atomic E-state index is -1.03. The van der Waals surface area contributed by atoms with E-state index in [1.165, 1.54) is 6.20 Å². The first-order valence-electron chi connectivity index (χ1n) is 3.42. The van der Waals surface area contributed by atoms with E-state index in [9.17, 15) is 10.2 Å². The largest absolute Gasteiger partial charge is 0.389 e. The van der Waals surface area contributed by atoms with E-state index in [2.05, 4.69) is 22.8 Å². The van der Waals surface area contributed by atoms with Crippen molar-refractivity contribution in [2.24, 2.45) is 0 Å². The number of nitrogens with zero attached hydrogens (tertiary/aromatic N) is 1. The summed E-state index contributed by atoms with van der Waals surface area (Å²) in [5.41, 5.74) is 5.82. The van der Waals surface area contributed by atoms with Crippen molar-refractivity contribution in [3.8, 4) is 0 Å². The molecule has 0 aliphatic heterocycles. The van der Waals surface area contributed by atoms with Crippen LogP contribution in [0.15, 0.2) is 6.20 Å². The first kappa shape index (κ1) is 9.37. The van der Waals surface area contributed by atoms with Gasteiger partial charge in [0.15, 0.2) is 0 Å². The normalized spacial score (nSPS) is 15.9. The molecule has 0 fully saturated rings. The highest BCUT2D eigenvalue weighted by Gasteiger charge is 2.20. The second kappa shape index (κ2) is 3.79. The summed E-state index contributed by atoms with van der Waals surface area (Å²) >= 11 is 3.84. The Labute approximate surface area is 75.0 Å². The Morgan fingerprint density at radius 1 is 1.67 bits per heavy atom. The highest BCUT2D eigenvalue weighted by molar-refractivity contribution is 7.80. The van der Waals surface area contributed by atoms with Crippen LogP contribution in [0.4, 0.5) is 5.82 Å². The van der Waals surface area contributed by atoms with E-state index in [1.54, 1.807) is 0 Å². The van der Waals surface area contributed by atoms with Crippen molar-refractivity contribution in [2.45, 2.75) is 12.2 Å². The summed E-state index contributed by atoms with van der Waals surface area (Å²) in [6, 6.07) is 0. The smallest absolute Gasteiger partial charge is 0.124 e. The number of H-pyrrole nitrogens is 1. The van der Waals surface area contributed by atoms with Crippen molar-refractivity contribution >= 4 is 18.4 Å². The van der Waals surface area contributed by atoms with E-state index in [1.807, 2.05) is 0 Å². The zero-order chi connectivity index (χ0) is 9.14. The highest BCUT2D eigenvalue weighted by atomic mass is 32.1. The second-order valence-corrected chi connectivity index (χ2v) is 2.80. The summed E-state index contributed by atoms with van der Waals surface area (Å²) in [5.74, 6) is 0.439. The van der Waals surface area contributed by atoms with Crippen molar-refractivity contribution in [1.82, 2.24) is 10.2 Å². The van der Waals surface area contributed by atoms with Gasteiger partial charge in [-0.3, -0.25) is 5.10 Å².